The van der Waals surface area contributed by atoms with Crippen molar-refractivity contribution in [3.8, 4) is 11.5 Å². The number of thiophene rings is 5. The van der Waals surface area contributed by atoms with Crippen molar-refractivity contribution in [1.82, 2.24) is 0 Å². The number of rotatable bonds is 22. The van der Waals surface area contributed by atoms with Crippen LogP contribution >= 0.6 is 56.7 Å². The van der Waals surface area contributed by atoms with Crippen molar-refractivity contribution in [2.45, 2.75) is 38.5 Å². The van der Waals surface area contributed by atoms with E-state index < -0.39 is 155 Å². The van der Waals surface area contributed by atoms with Crippen molar-refractivity contribution in [3.63, 3.8) is 0 Å². The Morgan fingerprint density at radius 3 is 0.953 bits per heavy atom. The number of esters is 4. The Balaban J connectivity index is 0.000000172. The Morgan fingerprint density at radius 2 is 0.636 bits per heavy atom. The van der Waals surface area contributed by atoms with Crippen LogP contribution in [0.1, 0.15) is 68.5 Å². The van der Waals surface area contributed by atoms with Crippen molar-refractivity contribution in [1.29, 1.82) is 0 Å². The summed E-state index contributed by atoms with van der Waals surface area (Å²) in [6.07, 6.45) is -9.06. The minimum atomic E-state index is -4.60. The number of ether oxygens (including phenoxy) is 4. The lowest BCUT2D eigenvalue weighted by atomic mass is 10.1. The first-order valence-electron chi connectivity index (χ1n) is 35.7. The summed E-state index contributed by atoms with van der Waals surface area (Å²) >= 11 is 4.52. The van der Waals surface area contributed by atoms with Gasteiger partial charge in [0, 0.05) is 78.2 Å². The number of hydrogen-bond donors (Lipinski definition) is 1. The summed E-state index contributed by atoms with van der Waals surface area (Å²) < 4.78 is 244. The molecule has 129 heavy (non-hydrogen) atoms. The zero-order chi connectivity index (χ0) is 93.8. The van der Waals surface area contributed by atoms with Gasteiger partial charge < -0.3 is 51.0 Å². The maximum Gasteiger partial charge on any atom is 0.416 e. The van der Waals surface area contributed by atoms with Crippen LogP contribution in [0.2, 0.25) is 0 Å². The molecule has 670 valence electrons. The lowest BCUT2D eigenvalue weighted by Crippen LogP contribution is -2.25. The fraction of sp³-hybridized carbons (Fsp3) is 0.125. The summed E-state index contributed by atoms with van der Waals surface area (Å²) in [4.78, 5) is 126. The zero-order valence-electron chi connectivity index (χ0n) is 66.1. The molecule has 0 atom stereocenters. The van der Waals surface area contributed by atoms with Gasteiger partial charge in [-0.3, -0.25) is 17.2 Å². The Kier molecular flexibility index (Phi) is 25.8. The molecule has 0 aliphatic carbocycles. The lowest BCUT2D eigenvalue weighted by Gasteiger charge is -2.17. The maximum absolute atomic E-state index is 13.3. The SMILES string of the molecule is CN(c1cc2oc(=O)c(C(=O)O)cc2s1)S(=O)(=O)c1ccc(C(F)(F)F)cc1.COc1ccc(S(=O)(=O)N(C)c2cc3oc(=O)c(C(=O)OC(=O)c4cc5sc(N(C)S(=O)(=O)c6ccc(F)cc6)cc5oc4=O)cc3s2)cc1.COc1cccc(S(=O)(=O)N(C)c2cc3oc(=O)c(C(=O)OC(=O)c4cc5sc(N(C)Cc6ccc(C(F)(F)F)cc6)cc5oc4=O)cc3s2)c1. The van der Waals surface area contributed by atoms with Crippen molar-refractivity contribution in [2.24, 2.45) is 0 Å². The number of nitrogens with zero attached hydrogens (tertiary/aromatic N) is 5. The average molecular weight is 1950 g/mol. The number of carboxylic acids is 1. The van der Waals surface area contributed by atoms with E-state index in [9.17, 15) is 112 Å². The van der Waals surface area contributed by atoms with Crippen LogP contribution in [0, 0.1) is 5.82 Å². The molecule has 0 bridgehead atoms. The minimum absolute atomic E-state index is 0.00975. The van der Waals surface area contributed by atoms with Gasteiger partial charge in [0.2, 0.25) is 0 Å². The van der Waals surface area contributed by atoms with E-state index in [4.69, 9.17) is 46.1 Å². The minimum Gasteiger partial charge on any atom is -0.497 e. The summed E-state index contributed by atoms with van der Waals surface area (Å²) in [5, 5.41) is 9.95. The monoisotopic (exact) mass is 1950 g/mol. The van der Waals surface area contributed by atoms with E-state index in [0.717, 1.165) is 153 Å². The van der Waals surface area contributed by atoms with Gasteiger partial charge in [0.05, 0.1) is 73.4 Å². The predicted molar refractivity (Wildman–Crippen MR) is 458 cm³/mol. The molecular formula is C80H54F7N5O28S9. The van der Waals surface area contributed by atoms with Gasteiger partial charge in [0.15, 0.2) is 27.9 Å². The van der Waals surface area contributed by atoms with Crippen LogP contribution in [0.4, 0.5) is 55.7 Å². The van der Waals surface area contributed by atoms with E-state index in [-0.39, 0.29) is 92.8 Å². The second-order valence-corrected chi connectivity index (χ2v) is 39.9. The number of methoxy groups -OCH3 is 2. The van der Waals surface area contributed by atoms with E-state index in [2.05, 4.69) is 0 Å². The molecule has 0 radical (unpaired) electrons. The molecule has 15 rings (SSSR count). The van der Waals surface area contributed by atoms with E-state index in [0.29, 0.717) is 38.9 Å². The molecule has 1 N–H and O–H groups in total. The van der Waals surface area contributed by atoms with Gasteiger partial charge in [0.1, 0.15) is 65.1 Å². The third-order valence-electron chi connectivity index (χ3n) is 18.6. The molecule has 10 aromatic heterocycles. The molecule has 5 aromatic carbocycles. The van der Waals surface area contributed by atoms with Crippen molar-refractivity contribution in [2.75, 3.05) is 71.6 Å². The average Bonchev–Trinajstić information content (AvgIpc) is 1.27. The van der Waals surface area contributed by atoms with Crippen molar-refractivity contribution < 1.29 is 135 Å². The Labute approximate surface area is 738 Å². The quantitative estimate of drug-likeness (QED) is 0.0374. The fourth-order valence-electron chi connectivity index (χ4n) is 11.6. The number of halogens is 7. The topological polar surface area (TPSA) is 446 Å². The number of alkyl halides is 6. The molecule has 49 heteroatoms. The normalized spacial score (nSPS) is 12.0. The fourth-order valence-corrected chi connectivity index (χ4v) is 22.2. The summed E-state index contributed by atoms with van der Waals surface area (Å²) in [7, 11) is -6.96. The van der Waals surface area contributed by atoms with Crippen LogP contribution in [0.3, 0.4) is 0 Å². The van der Waals surface area contributed by atoms with Crippen molar-refractivity contribution >= 4 is 203 Å². The van der Waals surface area contributed by atoms with E-state index >= 15 is 0 Å². The summed E-state index contributed by atoms with van der Waals surface area (Å²) in [6, 6.07) is 35.3. The van der Waals surface area contributed by atoms with Gasteiger partial charge in [-0.25, -0.2) is 86.0 Å². The number of hydrogen-bond acceptors (Lipinski definition) is 33. The largest absolute Gasteiger partial charge is 0.497 e. The smallest absolute Gasteiger partial charge is 0.416 e. The molecule has 33 nitrogen and oxygen atoms in total. The van der Waals surface area contributed by atoms with Crippen molar-refractivity contribution in [3.05, 3.63) is 284 Å². The second kappa shape index (κ2) is 35.9. The molecule has 0 unspecified atom stereocenters. The number of carboxylic acid groups (broad SMARTS) is 1. The van der Waals surface area contributed by atoms with E-state index in [1.165, 1.54) is 127 Å². The summed E-state index contributed by atoms with van der Waals surface area (Å²) in [5.41, 5.74) is -10.4. The first-order chi connectivity index (χ1) is 60.5. The Hall–Kier alpha value is -13.7. The van der Waals surface area contributed by atoms with E-state index in [1.54, 1.807) is 18.0 Å². The van der Waals surface area contributed by atoms with Gasteiger partial charge in [-0.2, -0.15) is 26.3 Å². The number of carbonyl (C=O) groups is 5. The molecule has 0 aliphatic rings. The highest BCUT2D eigenvalue weighted by Crippen LogP contribution is 2.42. The molecule has 10 heterocycles. The number of carbonyl (C=O) groups excluding carboxylic acids is 4. The van der Waals surface area contributed by atoms with E-state index in [1.807, 2.05) is 0 Å². The molecule has 0 amide bonds. The highest BCUT2D eigenvalue weighted by atomic mass is 32.2. The number of aromatic carboxylic acids is 1. The Morgan fingerprint density at radius 1 is 0.357 bits per heavy atom. The molecule has 0 aliphatic heterocycles. The molecule has 0 spiro atoms. The molecule has 0 saturated carbocycles. The van der Waals surface area contributed by atoms with Gasteiger partial charge in [-0.1, -0.05) is 18.2 Å². The third-order valence-corrected chi connectivity index (χ3v) is 31.9. The standard InChI is InChI=1S/C33H23F3N2O10S3.C31H21FN2O12S4.C16H10F3NO6S2/c1-37(16-17-7-9-18(10-8-17)33(34,35)36)27-14-23-25(49-27)12-21(29(39)46-23)31(41)48-32(42)22-13-26-24(47-30(22)40)15-28(50-26)38(2)51(43,44)20-6-4-5-19(11-20)45-3;1-33(49(39,40)18-8-4-16(32)5-9-18)26-14-22-24(47-26)12-20(28(35)44-22)30(37)46-31(38)21-13-25-23(45-29(21)36)15-27(48-25)34(2)50(41,42)19-10-6-17(43-3)7-11-19;1-20(28(24,25)9-4-2-8(3-5-9)16(17,18)19)13-7-11-12(27-13)6-10(14(21)22)15(23)26-11/h4-15H,16H2,1-3H3;4-15H,1-3H3;2-7H,1H3,(H,21,22). The number of anilines is 5. The summed E-state index contributed by atoms with van der Waals surface area (Å²) in [6.45, 7) is 0.214. The van der Waals surface area contributed by atoms with Crippen LogP contribution in [0.25, 0.3) is 51.4 Å². The highest BCUT2D eigenvalue weighted by Gasteiger charge is 2.36. The third kappa shape index (κ3) is 19.4. The van der Waals surface area contributed by atoms with Crippen LogP contribution in [-0.2, 0) is 68.5 Å². The maximum atomic E-state index is 13.3. The van der Waals surface area contributed by atoms with Gasteiger partial charge in [-0.05, 0) is 133 Å². The van der Waals surface area contributed by atoms with Gasteiger partial charge >= 0.3 is 70.3 Å². The molecule has 15 aromatic rings. The van der Waals surface area contributed by atoms with Crippen LogP contribution in [0.15, 0.2) is 248 Å². The second-order valence-electron chi connectivity index (χ2n) is 26.7. The van der Waals surface area contributed by atoms with Crippen LogP contribution in [-0.4, -0.2) is 118 Å². The Bertz CT molecular complexity index is 7860. The molecule has 0 saturated heterocycles. The highest BCUT2D eigenvalue weighted by molar-refractivity contribution is 7.94. The van der Waals surface area contributed by atoms with Crippen LogP contribution in [0.5, 0.6) is 11.5 Å². The number of sulfonamides is 4. The summed E-state index contributed by atoms with van der Waals surface area (Å²) in [5.74, 6) is -7.10. The predicted octanol–water partition coefficient (Wildman–Crippen LogP) is 14.7. The lowest BCUT2D eigenvalue weighted by molar-refractivity contribution is -0.138. The van der Waals surface area contributed by atoms with Crippen LogP contribution < -0.4 is 59.7 Å². The van der Waals surface area contributed by atoms with Gasteiger partial charge in [-0.15, -0.1) is 56.7 Å². The van der Waals surface area contributed by atoms with Gasteiger partial charge in [0.25, 0.3) is 40.1 Å². The first-order valence-corrected chi connectivity index (χ1v) is 45.6. The zero-order valence-corrected chi connectivity index (χ0v) is 73.4. The molecular weight excluding hydrogens is 1900 g/mol. The number of benzene rings is 5. The first kappa shape index (κ1) is 93.0. The number of fused-ring (bicyclic) bond motifs is 5. The molecule has 0 fully saturated rings.